The Bertz CT molecular complexity index is 334. The highest BCUT2D eigenvalue weighted by Gasteiger charge is 2.12. The number of rotatable bonds is 3. The number of imidazole rings is 1. The maximum absolute atomic E-state index is 10.3. The van der Waals surface area contributed by atoms with E-state index in [1.165, 1.54) is 38.4 Å². The molecule has 0 bridgehead atoms. The van der Waals surface area contributed by atoms with Gasteiger partial charge in [-0.3, -0.25) is 4.79 Å². The molecule has 1 aliphatic rings. The molecule has 0 aliphatic heterocycles. The van der Waals surface area contributed by atoms with Gasteiger partial charge in [0.1, 0.15) is 6.04 Å². The molecule has 0 unspecified atom stereocenters. The van der Waals surface area contributed by atoms with Gasteiger partial charge >= 0.3 is 5.97 Å². The molecule has 6 heteroatoms. The third-order valence-electron chi connectivity index (χ3n) is 2.96. The molecule has 1 aromatic rings. The van der Waals surface area contributed by atoms with E-state index in [1.807, 2.05) is 0 Å². The van der Waals surface area contributed by atoms with Crippen molar-refractivity contribution in [2.45, 2.75) is 50.6 Å². The van der Waals surface area contributed by atoms with Crippen LogP contribution >= 0.6 is 0 Å². The van der Waals surface area contributed by atoms with Crippen LogP contribution in [-0.4, -0.2) is 33.1 Å². The Kier molecular flexibility index (Phi) is 6.38. The van der Waals surface area contributed by atoms with Gasteiger partial charge in [-0.25, -0.2) is 4.98 Å². The molecule has 0 saturated heterocycles. The lowest BCUT2D eigenvalue weighted by atomic mass is 9.97. The average Bonchev–Trinajstić information content (AvgIpc) is 2.83. The molecule has 1 fully saturated rings. The Labute approximate surface area is 107 Å². The zero-order chi connectivity index (χ0) is 13.4. The third-order valence-corrected chi connectivity index (χ3v) is 2.96. The van der Waals surface area contributed by atoms with Gasteiger partial charge in [0.15, 0.2) is 0 Å². The predicted molar refractivity (Wildman–Crippen MR) is 69.0 cm³/mol. The number of carbonyl (C=O) groups is 1. The first kappa shape index (κ1) is 14.7. The molecule has 1 saturated carbocycles. The monoisotopic (exact) mass is 254 g/mol. The number of carboxylic acids is 1. The largest absolute Gasteiger partial charge is 0.480 e. The molecule has 6 N–H and O–H groups in total. The summed E-state index contributed by atoms with van der Waals surface area (Å²) in [6.07, 6.45) is 10.00. The van der Waals surface area contributed by atoms with E-state index in [9.17, 15) is 4.79 Å². The van der Waals surface area contributed by atoms with Crippen molar-refractivity contribution in [3.63, 3.8) is 0 Å². The van der Waals surface area contributed by atoms with Crippen molar-refractivity contribution in [1.29, 1.82) is 0 Å². The molecule has 1 aromatic heterocycles. The van der Waals surface area contributed by atoms with Gasteiger partial charge < -0.3 is 21.6 Å². The van der Waals surface area contributed by atoms with Crippen LogP contribution in [0.1, 0.15) is 37.8 Å². The summed E-state index contributed by atoms with van der Waals surface area (Å²) in [4.78, 5) is 16.8. The minimum Gasteiger partial charge on any atom is -0.480 e. The number of hydrogen-bond acceptors (Lipinski definition) is 4. The second-order valence-electron chi connectivity index (χ2n) is 4.62. The van der Waals surface area contributed by atoms with Crippen molar-refractivity contribution in [2.24, 2.45) is 11.5 Å². The molecule has 2 rings (SSSR count). The number of nitrogens with one attached hydrogen (secondary N) is 1. The maximum atomic E-state index is 10.3. The number of carboxylic acid groups (broad SMARTS) is 1. The molecule has 0 radical (unpaired) electrons. The van der Waals surface area contributed by atoms with E-state index in [0.717, 1.165) is 5.69 Å². The number of nitrogens with two attached hydrogens (primary N) is 2. The van der Waals surface area contributed by atoms with Crippen molar-refractivity contribution in [2.75, 3.05) is 0 Å². The smallest absolute Gasteiger partial charge is 0.320 e. The van der Waals surface area contributed by atoms with E-state index in [1.54, 1.807) is 6.20 Å². The predicted octanol–water partition coefficient (Wildman–Crippen LogP) is 0.642. The van der Waals surface area contributed by atoms with Crippen LogP contribution < -0.4 is 11.5 Å². The number of aliphatic carboxylic acids is 1. The van der Waals surface area contributed by atoms with Crippen LogP contribution in [0.5, 0.6) is 0 Å². The summed E-state index contributed by atoms with van der Waals surface area (Å²) < 4.78 is 0. The lowest BCUT2D eigenvalue weighted by Gasteiger charge is -2.15. The van der Waals surface area contributed by atoms with Gasteiger partial charge in [0, 0.05) is 24.4 Å². The highest BCUT2D eigenvalue weighted by atomic mass is 16.4. The van der Waals surface area contributed by atoms with Crippen molar-refractivity contribution in [3.05, 3.63) is 18.2 Å². The van der Waals surface area contributed by atoms with Gasteiger partial charge in [0.25, 0.3) is 0 Å². The summed E-state index contributed by atoms with van der Waals surface area (Å²) in [5.41, 5.74) is 11.6. The average molecular weight is 254 g/mol. The molecular formula is C12H22N4O2. The quantitative estimate of drug-likeness (QED) is 0.631. The summed E-state index contributed by atoms with van der Waals surface area (Å²) >= 11 is 0. The first-order valence-corrected chi connectivity index (χ1v) is 6.31. The summed E-state index contributed by atoms with van der Waals surface area (Å²) in [6, 6.07) is -0.316. The van der Waals surface area contributed by atoms with E-state index in [2.05, 4.69) is 9.97 Å². The Morgan fingerprint density at radius 2 is 2.17 bits per heavy atom. The van der Waals surface area contributed by atoms with Crippen molar-refractivity contribution < 1.29 is 9.90 Å². The zero-order valence-electron chi connectivity index (χ0n) is 10.5. The zero-order valence-corrected chi connectivity index (χ0v) is 10.5. The van der Waals surface area contributed by atoms with Gasteiger partial charge in [-0.1, -0.05) is 19.3 Å². The highest BCUT2D eigenvalue weighted by molar-refractivity contribution is 5.73. The molecule has 0 spiro atoms. The van der Waals surface area contributed by atoms with Gasteiger partial charge in [-0.15, -0.1) is 0 Å². The second-order valence-corrected chi connectivity index (χ2v) is 4.62. The molecule has 1 heterocycles. The molecule has 1 atom stereocenters. The molecule has 18 heavy (non-hydrogen) atoms. The van der Waals surface area contributed by atoms with E-state index in [-0.39, 0.29) is 6.42 Å². The molecular weight excluding hydrogens is 232 g/mol. The van der Waals surface area contributed by atoms with Crippen LogP contribution in [0.25, 0.3) is 0 Å². The molecule has 102 valence electrons. The summed E-state index contributed by atoms with van der Waals surface area (Å²) in [5.74, 6) is -1.00. The van der Waals surface area contributed by atoms with E-state index in [0.29, 0.717) is 6.04 Å². The number of aromatic nitrogens is 2. The van der Waals surface area contributed by atoms with Gasteiger partial charge in [0.05, 0.1) is 6.33 Å². The fraction of sp³-hybridized carbons (Fsp3) is 0.667. The summed E-state index contributed by atoms with van der Waals surface area (Å²) in [7, 11) is 0. The summed E-state index contributed by atoms with van der Waals surface area (Å²) in [5, 5.41) is 8.42. The molecule has 6 nitrogen and oxygen atoms in total. The van der Waals surface area contributed by atoms with Crippen LogP contribution in [-0.2, 0) is 11.2 Å². The molecule has 0 amide bonds. The Balaban J connectivity index is 0.000000199. The topological polar surface area (TPSA) is 118 Å². The van der Waals surface area contributed by atoms with Crippen LogP contribution in [0, 0.1) is 0 Å². The first-order chi connectivity index (χ1) is 8.59. The fourth-order valence-electron chi connectivity index (χ4n) is 1.85. The standard InChI is InChI=1S/C6H9N3O2.C6H13N/c7-5(6(10)11)1-4-2-8-3-9-4;7-6-4-2-1-3-5-6/h2-3,5H,1,7H2,(H,8,9)(H,10,11);6H,1-5,7H2/t5-;/m0./s1. The lowest BCUT2D eigenvalue weighted by molar-refractivity contribution is -0.138. The molecule has 0 aromatic carbocycles. The Morgan fingerprint density at radius 1 is 1.50 bits per heavy atom. The number of H-pyrrole nitrogens is 1. The van der Waals surface area contributed by atoms with Gasteiger partial charge in [-0.2, -0.15) is 0 Å². The second kappa shape index (κ2) is 7.84. The third kappa shape index (κ3) is 5.79. The first-order valence-electron chi connectivity index (χ1n) is 6.31. The number of hydrogen-bond donors (Lipinski definition) is 4. The van der Waals surface area contributed by atoms with Crippen LogP contribution in [0.2, 0.25) is 0 Å². The highest BCUT2D eigenvalue weighted by Crippen LogP contribution is 2.14. The lowest BCUT2D eigenvalue weighted by Crippen LogP contribution is -2.32. The fourth-order valence-corrected chi connectivity index (χ4v) is 1.85. The Hall–Kier alpha value is -1.40. The van der Waals surface area contributed by atoms with Crippen molar-refractivity contribution >= 4 is 5.97 Å². The van der Waals surface area contributed by atoms with Gasteiger partial charge in [-0.05, 0) is 12.8 Å². The van der Waals surface area contributed by atoms with Crippen molar-refractivity contribution in [1.82, 2.24) is 9.97 Å². The van der Waals surface area contributed by atoms with E-state index >= 15 is 0 Å². The molecule has 1 aliphatic carbocycles. The van der Waals surface area contributed by atoms with E-state index in [4.69, 9.17) is 16.6 Å². The van der Waals surface area contributed by atoms with Crippen LogP contribution in [0.15, 0.2) is 12.5 Å². The van der Waals surface area contributed by atoms with Crippen LogP contribution in [0.3, 0.4) is 0 Å². The minimum absolute atomic E-state index is 0.287. The minimum atomic E-state index is -1.00. The number of nitrogens with zero attached hydrogens (tertiary/aromatic N) is 1. The normalized spacial score (nSPS) is 17.7. The summed E-state index contributed by atoms with van der Waals surface area (Å²) in [6.45, 7) is 0. The SMILES string of the molecule is NC1CCCCC1.N[C@@H](Cc1cnc[nH]1)C(=O)O. The number of aromatic amines is 1. The maximum Gasteiger partial charge on any atom is 0.320 e. The van der Waals surface area contributed by atoms with Crippen LogP contribution in [0.4, 0.5) is 0 Å². The van der Waals surface area contributed by atoms with E-state index < -0.39 is 12.0 Å². The Morgan fingerprint density at radius 3 is 2.56 bits per heavy atom. The van der Waals surface area contributed by atoms with Crippen molar-refractivity contribution in [3.8, 4) is 0 Å². The van der Waals surface area contributed by atoms with Gasteiger partial charge in [0.2, 0.25) is 0 Å².